The zero-order valence-corrected chi connectivity index (χ0v) is 15.0. The number of nitrogens with zero attached hydrogens (tertiary/aromatic N) is 2. The number of para-hydroxylation sites is 1. The molecule has 1 saturated heterocycles. The molecule has 4 rings (SSSR count). The van der Waals surface area contributed by atoms with Crippen molar-refractivity contribution in [3.8, 4) is 0 Å². The van der Waals surface area contributed by atoms with Crippen LogP contribution < -0.4 is 16.0 Å². The van der Waals surface area contributed by atoms with Crippen LogP contribution in [0.15, 0.2) is 48.7 Å². The number of hydrogen-bond donors (Lipinski definition) is 3. The third-order valence-corrected chi connectivity index (χ3v) is 4.52. The number of anilines is 3. The SMILES string of the molecule is CNC(=O)c1cnc(Nc2ccc3ccccc3n2)cc1NC1CCOC1. The zero-order valence-electron chi connectivity index (χ0n) is 15.0. The first-order valence-corrected chi connectivity index (χ1v) is 8.92. The predicted octanol–water partition coefficient (Wildman–Crippen LogP) is 2.93. The van der Waals surface area contributed by atoms with E-state index in [9.17, 15) is 4.79 Å². The summed E-state index contributed by atoms with van der Waals surface area (Å²) in [7, 11) is 1.61. The Morgan fingerprint density at radius 2 is 2.07 bits per heavy atom. The molecule has 138 valence electrons. The smallest absolute Gasteiger partial charge is 0.254 e. The number of fused-ring (bicyclic) bond motifs is 1. The number of aromatic nitrogens is 2. The van der Waals surface area contributed by atoms with E-state index in [0.717, 1.165) is 29.6 Å². The van der Waals surface area contributed by atoms with Crippen LogP contribution in [-0.2, 0) is 4.74 Å². The largest absolute Gasteiger partial charge is 0.379 e. The van der Waals surface area contributed by atoms with Crippen LogP contribution in [0.2, 0.25) is 0 Å². The van der Waals surface area contributed by atoms with Crippen molar-refractivity contribution in [1.82, 2.24) is 15.3 Å². The lowest BCUT2D eigenvalue weighted by Crippen LogP contribution is -2.24. The van der Waals surface area contributed by atoms with Gasteiger partial charge in [0.2, 0.25) is 0 Å². The van der Waals surface area contributed by atoms with Gasteiger partial charge < -0.3 is 20.7 Å². The lowest BCUT2D eigenvalue weighted by molar-refractivity contribution is 0.0963. The number of benzene rings is 1. The maximum absolute atomic E-state index is 12.2. The van der Waals surface area contributed by atoms with Crippen molar-refractivity contribution in [1.29, 1.82) is 0 Å². The van der Waals surface area contributed by atoms with E-state index in [2.05, 4.69) is 25.9 Å². The second kappa shape index (κ2) is 7.59. The van der Waals surface area contributed by atoms with Crippen LogP contribution in [0.3, 0.4) is 0 Å². The number of carbonyl (C=O) groups is 1. The van der Waals surface area contributed by atoms with Crippen molar-refractivity contribution >= 4 is 34.1 Å². The summed E-state index contributed by atoms with van der Waals surface area (Å²) in [5.41, 5.74) is 2.13. The van der Waals surface area contributed by atoms with E-state index in [-0.39, 0.29) is 11.9 Å². The fraction of sp³-hybridized carbons (Fsp3) is 0.250. The van der Waals surface area contributed by atoms with Crippen molar-refractivity contribution in [2.24, 2.45) is 0 Å². The van der Waals surface area contributed by atoms with Gasteiger partial charge >= 0.3 is 0 Å². The van der Waals surface area contributed by atoms with Gasteiger partial charge in [-0.25, -0.2) is 9.97 Å². The Morgan fingerprint density at radius 3 is 2.89 bits per heavy atom. The molecule has 0 bridgehead atoms. The molecule has 1 fully saturated rings. The van der Waals surface area contributed by atoms with Gasteiger partial charge in [0.1, 0.15) is 11.6 Å². The quantitative estimate of drug-likeness (QED) is 0.646. The maximum Gasteiger partial charge on any atom is 0.254 e. The lowest BCUT2D eigenvalue weighted by Gasteiger charge is -2.17. The molecule has 1 aliphatic rings. The van der Waals surface area contributed by atoms with E-state index in [1.165, 1.54) is 0 Å². The summed E-state index contributed by atoms with van der Waals surface area (Å²) in [5, 5.41) is 10.3. The number of hydrogen-bond acceptors (Lipinski definition) is 6. The van der Waals surface area contributed by atoms with Crippen LogP contribution >= 0.6 is 0 Å². The molecular formula is C20H21N5O2. The summed E-state index contributed by atoms with van der Waals surface area (Å²) in [5.74, 6) is 1.13. The van der Waals surface area contributed by atoms with E-state index < -0.39 is 0 Å². The van der Waals surface area contributed by atoms with Crippen molar-refractivity contribution in [2.45, 2.75) is 12.5 Å². The molecule has 1 atom stereocenters. The minimum atomic E-state index is -0.181. The van der Waals surface area contributed by atoms with Crippen molar-refractivity contribution < 1.29 is 9.53 Å². The van der Waals surface area contributed by atoms with Gasteiger partial charge in [-0.05, 0) is 24.6 Å². The third kappa shape index (κ3) is 3.83. The summed E-state index contributed by atoms with van der Waals surface area (Å²) in [6.45, 7) is 1.36. The number of ether oxygens (including phenoxy) is 1. The second-order valence-corrected chi connectivity index (χ2v) is 6.41. The van der Waals surface area contributed by atoms with E-state index in [1.807, 2.05) is 42.5 Å². The fourth-order valence-electron chi connectivity index (χ4n) is 3.09. The average molecular weight is 363 g/mol. The van der Waals surface area contributed by atoms with Gasteiger partial charge in [0.05, 0.1) is 29.4 Å². The molecule has 27 heavy (non-hydrogen) atoms. The van der Waals surface area contributed by atoms with Crippen LogP contribution in [-0.4, -0.2) is 42.2 Å². The summed E-state index contributed by atoms with van der Waals surface area (Å²) >= 11 is 0. The average Bonchev–Trinajstić information content (AvgIpc) is 3.20. The summed E-state index contributed by atoms with van der Waals surface area (Å²) in [4.78, 5) is 21.2. The lowest BCUT2D eigenvalue weighted by atomic mass is 10.1. The standard InChI is InChI=1S/C20H21N5O2/c1-21-20(26)15-11-22-19(10-17(15)23-14-8-9-27-12-14)25-18-7-6-13-4-2-3-5-16(13)24-18/h2-7,10-11,14H,8-9,12H2,1H3,(H,21,26)(H2,22,23,24,25). The zero-order chi connectivity index (χ0) is 18.6. The van der Waals surface area contributed by atoms with E-state index >= 15 is 0 Å². The molecule has 1 amide bonds. The Balaban J connectivity index is 1.62. The molecule has 3 heterocycles. The summed E-state index contributed by atoms with van der Waals surface area (Å²) in [6, 6.07) is 13.9. The van der Waals surface area contributed by atoms with Gasteiger partial charge in [-0.2, -0.15) is 0 Å². The number of nitrogens with one attached hydrogen (secondary N) is 3. The highest BCUT2D eigenvalue weighted by Crippen LogP contribution is 2.24. The molecule has 1 unspecified atom stereocenters. The Morgan fingerprint density at radius 1 is 1.19 bits per heavy atom. The van der Waals surface area contributed by atoms with Gasteiger partial charge in [0, 0.05) is 31.3 Å². The number of pyridine rings is 2. The normalized spacial score (nSPS) is 16.3. The molecule has 3 N–H and O–H groups in total. The fourth-order valence-corrected chi connectivity index (χ4v) is 3.09. The molecule has 1 aromatic carbocycles. The van der Waals surface area contributed by atoms with Gasteiger partial charge in [-0.1, -0.05) is 18.2 Å². The first kappa shape index (κ1) is 17.2. The number of carbonyl (C=O) groups excluding carboxylic acids is 1. The Hall–Kier alpha value is -3.19. The summed E-state index contributed by atoms with van der Waals surface area (Å²) in [6.07, 6.45) is 2.48. The molecule has 1 aliphatic heterocycles. The first-order chi connectivity index (χ1) is 13.2. The third-order valence-electron chi connectivity index (χ3n) is 4.52. The maximum atomic E-state index is 12.2. The van der Waals surface area contributed by atoms with Gasteiger partial charge in [0.15, 0.2) is 0 Å². The highest BCUT2D eigenvalue weighted by molar-refractivity contribution is 5.99. The van der Waals surface area contributed by atoms with Gasteiger partial charge in [-0.3, -0.25) is 4.79 Å². The van der Waals surface area contributed by atoms with Crippen molar-refractivity contribution in [3.63, 3.8) is 0 Å². The minimum Gasteiger partial charge on any atom is -0.379 e. The minimum absolute atomic E-state index is 0.181. The van der Waals surface area contributed by atoms with Crippen molar-refractivity contribution in [2.75, 3.05) is 30.9 Å². The molecule has 7 heteroatoms. The monoisotopic (exact) mass is 363 g/mol. The Labute approximate surface area is 157 Å². The number of amides is 1. The van der Waals surface area contributed by atoms with E-state index in [4.69, 9.17) is 4.74 Å². The van der Waals surface area contributed by atoms with Crippen LogP contribution in [0.4, 0.5) is 17.3 Å². The molecule has 7 nitrogen and oxygen atoms in total. The van der Waals surface area contributed by atoms with Crippen LogP contribution in [0, 0.1) is 0 Å². The molecule has 0 aliphatic carbocycles. The Kier molecular flexibility index (Phi) is 4.84. The summed E-state index contributed by atoms with van der Waals surface area (Å²) < 4.78 is 5.42. The molecule has 0 saturated carbocycles. The van der Waals surface area contributed by atoms with E-state index in [0.29, 0.717) is 23.8 Å². The number of rotatable bonds is 5. The highest BCUT2D eigenvalue weighted by Gasteiger charge is 2.19. The van der Waals surface area contributed by atoms with Gasteiger partial charge in [-0.15, -0.1) is 0 Å². The molecule has 3 aromatic rings. The molecule has 0 radical (unpaired) electrons. The van der Waals surface area contributed by atoms with Crippen LogP contribution in [0.25, 0.3) is 10.9 Å². The van der Waals surface area contributed by atoms with Gasteiger partial charge in [0.25, 0.3) is 5.91 Å². The second-order valence-electron chi connectivity index (χ2n) is 6.41. The highest BCUT2D eigenvalue weighted by atomic mass is 16.5. The first-order valence-electron chi connectivity index (χ1n) is 8.92. The predicted molar refractivity (Wildman–Crippen MR) is 105 cm³/mol. The van der Waals surface area contributed by atoms with Crippen molar-refractivity contribution in [3.05, 3.63) is 54.2 Å². The topological polar surface area (TPSA) is 88.2 Å². The molecule has 0 spiro atoms. The molecule has 2 aromatic heterocycles. The van der Waals surface area contributed by atoms with Crippen LogP contribution in [0.5, 0.6) is 0 Å². The van der Waals surface area contributed by atoms with Crippen LogP contribution in [0.1, 0.15) is 16.8 Å². The molecular weight excluding hydrogens is 342 g/mol. The Bertz CT molecular complexity index is 969. The van der Waals surface area contributed by atoms with E-state index in [1.54, 1.807) is 13.2 Å².